The summed E-state index contributed by atoms with van der Waals surface area (Å²) < 4.78 is 6.02. The zero-order valence-electron chi connectivity index (χ0n) is 37.9. The minimum atomic E-state index is -0.0577. The van der Waals surface area contributed by atoms with Gasteiger partial charge in [0.2, 0.25) is 0 Å². The molecule has 1 atom stereocenters. The first-order valence-electron chi connectivity index (χ1n) is 22.4. The van der Waals surface area contributed by atoms with E-state index in [1.54, 1.807) is 5.56 Å². The van der Waals surface area contributed by atoms with Crippen molar-refractivity contribution in [2.75, 3.05) is 6.61 Å². The fraction of sp³-hybridized carbons (Fsp3) is 0.482. The molecule has 0 heterocycles. The molecule has 1 fully saturated rings. The number of benzene rings is 4. The Labute approximate surface area is 372 Å². The maximum atomic E-state index is 6.02. The van der Waals surface area contributed by atoms with Crippen molar-refractivity contribution in [2.24, 2.45) is 0 Å². The molecule has 0 saturated heterocycles. The van der Waals surface area contributed by atoms with Crippen molar-refractivity contribution in [2.45, 2.75) is 169 Å². The molecule has 0 bridgehead atoms. The number of hydrogen-bond donors (Lipinski definition) is 0. The van der Waals surface area contributed by atoms with Crippen molar-refractivity contribution in [3.05, 3.63) is 134 Å². The van der Waals surface area contributed by atoms with Gasteiger partial charge < -0.3 is 4.74 Å². The molecule has 2 heteroatoms. The number of rotatable bonds is 11. The number of unbranched alkanes of at least 4 members (excludes halogenated alkanes) is 3. The third kappa shape index (κ3) is 9.66. The van der Waals surface area contributed by atoms with E-state index in [4.69, 9.17) is 4.74 Å². The van der Waals surface area contributed by atoms with Crippen LogP contribution in [0.5, 0.6) is 0 Å². The van der Waals surface area contributed by atoms with Crippen LogP contribution in [0.4, 0.5) is 0 Å². The molecule has 0 aromatic heterocycles. The van der Waals surface area contributed by atoms with Crippen molar-refractivity contribution in [1.29, 1.82) is 0 Å². The SMILES string of the molecule is Cc1cc(C(C)(C)C)ccc1C1=Cc2ccccc2C1c1c(-c2ccc(C(C)(C)C)cc2C2CCCCC2)[cH-]c2ccc(CCCCCCOC(C)(C)C)c(C)c12.[Zr]. The van der Waals surface area contributed by atoms with Gasteiger partial charge in [-0.05, 0) is 122 Å². The first kappa shape index (κ1) is 44.6. The average molecular weight is 851 g/mol. The van der Waals surface area contributed by atoms with Gasteiger partial charge in [-0.15, -0.1) is 34.0 Å². The molecule has 1 saturated carbocycles. The minimum Gasteiger partial charge on any atom is -0.376 e. The minimum absolute atomic E-state index is 0. The van der Waals surface area contributed by atoms with Crippen LogP contribution in [0, 0.1) is 13.8 Å². The number of aryl methyl sites for hydroxylation is 3. The zero-order valence-corrected chi connectivity index (χ0v) is 40.4. The van der Waals surface area contributed by atoms with Gasteiger partial charge in [-0.1, -0.05) is 169 Å². The van der Waals surface area contributed by atoms with E-state index in [0.29, 0.717) is 5.92 Å². The Morgan fingerprint density at radius 2 is 1.33 bits per heavy atom. The summed E-state index contributed by atoms with van der Waals surface area (Å²) in [5.74, 6) is 0.747. The predicted molar refractivity (Wildman–Crippen MR) is 248 cm³/mol. The van der Waals surface area contributed by atoms with Crippen LogP contribution in [-0.2, 0) is 48.2 Å². The molecule has 5 aromatic carbocycles. The second-order valence-electron chi connectivity index (χ2n) is 20.7. The third-order valence-corrected chi connectivity index (χ3v) is 13.2. The van der Waals surface area contributed by atoms with Gasteiger partial charge >= 0.3 is 0 Å². The molecule has 306 valence electrons. The van der Waals surface area contributed by atoms with E-state index >= 15 is 0 Å². The van der Waals surface area contributed by atoms with Crippen molar-refractivity contribution >= 4 is 22.4 Å². The van der Waals surface area contributed by atoms with Gasteiger partial charge in [0, 0.05) is 38.7 Å². The standard InChI is InChI=1S/C56H71O.Zr/c1-37-33-43(54(3,4)5)28-30-45(37)49-34-41-24-18-19-25-46(41)52(49)53-50(47-31-29-44(55(6,7)8)36-48(47)40-22-16-14-17-23-40)35-42-27-26-39(38(2)51(42)53)21-15-12-13-20-32-57-56(9,10)11;/h18-19,24-31,33-36,40,52H,12-17,20-23,32H2,1-11H3;/q-1;. The van der Waals surface area contributed by atoms with Crippen LogP contribution in [0.3, 0.4) is 0 Å². The van der Waals surface area contributed by atoms with E-state index in [0.717, 1.165) is 19.4 Å². The topological polar surface area (TPSA) is 9.23 Å². The van der Waals surface area contributed by atoms with E-state index < -0.39 is 0 Å². The van der Waals surface area contributed by atoms with Crippen molar-refractivity contribution in [1.82, 2.24) is 0 Å². The summed E-state index contributed by atoms with van der Waals surface area (Å²) in [6.45, 7) is 26.2. The summed E-state index contributed by atoms with van der Waals surface area (Å²) in [4.78, 5) is 0. The molecule has 2 aliphatic rings. The summed E-state index contributed by atoms with van der Waals surface area (Å²) in [5.41, 5.74) is 19.0. The molecule has 0 aliphatic heterocycles. The summed E-state index contributed by atoms with van der Waals surface area (Å²) in [5, 5.41) is 2.87. The number of allylic oxidation sites excluding steroid dienone is 1. The van der Waals surface area contributed by atoms with Crippen LogP contribution in [0.25, 0.3) is 33.5 Å². The van der Waals surface area contributed by atoms with Gasteiger partial charge in [-0.2, -0.15) is 0 Å². The van der Waals surface area contributed by atoms with Gasteiger partial charge in [0.25, 0.3) is 0 Å². The fourth-order valence-electron chi connectivity index (χ4n) is 9.91. The van der Waals surface area contributed by atoms with Gasteiger partial charge in [-0.3, -0.25) is 0 Å². The zero-order chi connectivity index (χ0) is 40.7. The molecule has 0 radical (unpaired) electrons. The maximum absolute atomic E-state index is 6.02. The monoisotopic (exact) mass is 849 g/mol. The summed E-state index contributed by atoms with van der Waals surface area (Å²) >= 11 is 0. The Bertz CT molecular complexity index is 2230. The molecule has 5 aromatic rings. The first-order valence-corrected chi connectivity index (χ1v) is 22.4. The first-order chi connectivity index (χ1) is 27.0. The quantitative estimate of drug-likeness (QED) is 0.0950. The molecule has 0 spiro atoms. The molecular formula is C56H71OZr-. The van der Waals surface area contributed by atoms with Crippen molar-refractivity contribution in [3.63, 3.8) is 0 Å². The van der Waals surface area contributed by atoms with Crippen LogP contribution in [0.2, 0.25) is 0 Å². The smallest absolute Gasteiger partial charge is 0.0598 e. The maximum Gasteiger partial charge on any atom is 0.0598 e. The third-order valence-electron chi connectivity index (χ3n) is 13.2. The molecule has 1 unspecified atom stereocenters. The van der Waals surface area contributed by atoms with E-state index in [1.807, 2.05) is 0 Å². The van der Waals surface area contributed by atoms with E-state index in [2.05, 4.69) is 161 Å². The number of fused-ring (bicyclic) bond motifs is 2. The summed E-state index contributed by atoms with van der Waals surface area (Å²) in [6.07, 6.45) is 15.1. The van der Waals surface area contributed by atoms with Crippen LogP contribution >= 0.6 is 0 Å². The van der Waals surface area contributed by atoms with Gasteiger partial charge in [0.15, 0.2) is 0 Å². The van der Waals surface area contributed by atoms with Crippen molar-refractivity contribution < 1.29 is 30.9 Å². The average Bonchev–Trinajstić information content (AvgIpc) is 3.73. The fourth-order valence-corrected chi connectivity index (χ4v) is 9.91. The molecule has 2 aliphatic carbocycles. The van der Waals surface area contributed by atoms with E-state index in [1.165, 1.54) is 129 Å². The molecule has 0 N–H and O–H groups in total. The van der Waals surface area contributed by atoms with Gasteiger partial charge in [0.1, 0.15) is 0 Å². The number of ether oxygens (including phenoxy) is 1. The van der Waals surface area contributed by atoms with Gasteiger partial charge in [-0.25, -0.2) is 0 Å². The summed E-state index contributed by atoms with van der Waals surface area (Å²) in [6, 6.07) is 31.6. The Balaban J connectivity index is 0.00000567. The normalized spacial score (nSPS) is 16.4. The van der Waals surface area contributed by atoms with Crippen LogP contribution in [0.15, 0.2) is 78.9 Å². The molecular weight excluding hydrogens is 780 g/mol. The molecule has 0 amide bonds. The Hall–Kier alpha value is -2.93. The molecule has 7 rings (SSSR count). The summed E-state index contributed by atoms with van der Waals surface area (Å²) in [7, 11) is 0. The van der Waals surface area contributed by atoms with Crippen LogP contribution < -0.4 is 0 Å². The van der Waals surface area contributed by atoms with E-state index in [9.17, 15) is 0 Å². The van der Waals surface area contributed by atoms with Crippen LogP contribution in [-0.4, -0.2) is 12.2 Å². The molecule has 58 heavy (non-hydrogen) atoms. The van der Waals surface area contributed by atoms with Crippen LogP contribution in [0.1, 0.15) is 188 Å². The Morgan fingerprint density at radius 3 is 2.00 bits per heavy atom. The van der Waals surface area contributed by atoms with Gasteiger partial charge in [0.05, 0.1) is 5.60 Å². The van der Waals surface area contributed by atoms with E-state index in [-0.39, 0.29) is 48.6 Å². The second kappa shape index (κ2) is 18.0. The second-order valence-corrected chi connectivity index (χ2v) is 20.7. The largest absolute Gasteiger partial charge is 0.376 e. The predicted octanol–water partition coefficient (Wildman–Crippen LogP) is 16.1. The Morgan fingerprint density at radius 1 is 0.672 bits per heavy atom. The van der Waals surface area contributed by atoms with Crippen molar-refractivity contribution in [3.8, 4) is 11.1 Å². The number of hydrogen-bond acceptors (Lipinski definition) is 1. The Kier molecular flexibility index (Phi) is 13.8. The molecule has 1 nitrogen and oxygen atoms in total.